The summed E-state index contributed by atoms with van der Waals surface area (Å²) in [6.45, 7) is 1.92. The van der Waals surface area contributed by atoms with E-state index in [2.05, 4.69) is 29.3 Å². The maximum atomic E-state index is 12.4. The van der Waals surface area contributed by atoms with Crippen LogP contribution in [0.2, 0.25) is 0 Å². The molecule has 5 heteroatoms. The molecule has 0 bridgehead atoms. The minimum Gasteiger partial charge on any atom is -0.365 e. The largest absolute Gasteiger partial charge is 0.365 e. The first-order valence-electron chi connectivity index (χ1n) is 8.05. The van der Waals surface area contributed by atoms with Crippen LogP contribution in [-0.4, -0.2) is 41.6 Å². The van der Waals surface area contributed by atoms with E-state index in [0.717, 1.165) is 25.9 Å². The molecule has 0 amide bonds. The van der Waals surface area contributed by atoms with Crippen molar-refractivity contribution in [2.24, 2.45) is 5.41 Å². The fourth-order valence-electron chi connectivity index (χ4n) is 3.64. The van der Waals surface area contributed by atoms with Gasteiger partial charge in [0.2, 0.25) is 0 Å². The van der Waals surface area contributed by atoms with Crippen molar-refractivity contribution >= 4 is 5.82 Å². The monoisotopic (exact) mass is 290 g/mol. The molecule has 1 heterocycles. The molecule has 0 radical (unpaired) electrons. The van der Waals surface area contributed by atoms with Crippen molar-refractivity contribution in [3.63, 3.8) is 0 Å². The van der Waals surface area contributed by atoms with Gasteiger partial charge in [-0.2, -0.15) is 0 Å². The van der Waals surface area contributed by atoms with Gasteiger partial charge in [0.25, 0.3) is 5.56 Å². The van der Waals surface area contributed by atoms with Gasteiger partial charge in [-0.1, -0.05) is 12.8 Å². The molecule has 116 valence electrons. The highest BCUT2D eigenvalue weighted by atomic mass is 16.1. The third kappa shape index (κ3) is 3.28. The zero-order chi connectivity index (χ0) is 14.9. The Morgan fingerprint density at radius 3 is 2.71 bits per heavy atom. The molecule has 1 N–H and O–H groups in total. The Kier molecular flexibility index (Phi) is 4.02. The first-order valence-corrected chi connectivity index (χ1v) is 8.05. The first kappa shape index (κ1) is 14.6. The van der Waals surface area contributed by atoms with Crippen LogP contribution in [-0.2, 0) is 0 Å². The average Bonchev–Trinajstić information content (AvgIpc) is 3.18. The Balaban J connectivity index is 1.71. The summed E-state index contributed by atoms with van der Waals surface area (Å²) in [6.07, 6.45) is 10.9. The zero-order valence-electron chi connectivity index (χ0n) is 13.1. The minimum atomic E-state index is 0.0398. The number of nitrogens with zero attached hydrogens (tertiary/aromatic N) is 3. The second kappa shape index (κ2) is 5.79. The van der Waals surface area contributed by atoms with Gasteiger partial charge in [-0.25, -0.2) is 4.98 Å². The Morgan fingerprint density at radius 1 is 1.38 bits per heavy atom. The highest BCUT2D eigenvalue weighted by molar-refractivity contribution is 5.32. The van der Waals surface area contributed by atoms with Crippen LogP contribution < -0.4 is 10.9 Å². The normalized spacial score (nSPS) is 20.9. The Bertz CT molecular complexity index is 541. The van der Waals surface area contributed by atoms with Crippen molar-refractivity contribution in [2.75, 3.05) is 32.5 Å². The molecule has 0 unspecified atom stereocenters. The van der Waals surface area contributed by atoms with Crippen LogP contribution in [0.25, 0.3) is 0 Å². The Hall–Kier alpha value is -1.36. The van der Waals surface area contributed by atoms with E-state index in [4.69, 9.17) is 0 Å². The van der Waals surface area contributed by atoms with Gasteiger partial charge < -0.3 is 14.8 Å². The van der Waals surface area contributed by atoms with Crippen molar-refractivity contribution < 1.29 is 0 Å². The zero-order valence-corrected chi connectivity index (χ0v) is 13.1. The van der Waals surface area contributed by atoms with Gasteiger partial charge >= 0.3 is 0 Å². The maximum absolute atomic E-state index is 12.4. The molecule has 0 aromatic carbocycles. The van der Waals surface area contributed by atoms with Crippen molar-refractivity contribution in [2.45, 2.75) is 44.6 Å². The summed E-state index contributed by atoms with van der Waals surface area (Å²) < 4.78 is 1.84. The molecule has 0 spiro atoms. The number of hydrogen-bond donors (Lipinski definition) is 1. The van der Waals surface area contributed by atoms with Gasteiger partial charge in [-0.15, -0.1) is 0 Å². The van der Waals surface area contributed by atoms with Crippen LogP contribution >= 0.6 is 0 Å². The van der Waals surface area contributed by atoms with Crippen molar-refractivity contribution in [1.82, 2.24) is 14.5 Å². The second-order valence-electron chi connectivity index (χ2n) is 7.02. The van der Waals surface area contributed by atoms with E-state index < -0.39 is 0 Å². The highest BCUT2D eigenvalue weighted by Gasteiger charge is 2.34. The smallest absolute Gasteiger partial charge is 0.293 e. The van der Waals surface area contributed by atoms with Crippen molar-refractivity contribution in [3.8, 4) is 0 Å². The van der Waals surface area contributed by atoms with Crippen LogP contribution in [0.5, 0.6) is 0 Å². The van der Waals surface area contributed by atoms with Crippen molar-refractivity contribution in [3.05, 3.63) is 22.7 Å². The van der Waals surface area contributed by atoms with E-state index >= 15 is 0 Å². The Morgan fingerprint density at radius 2 is 2.10 bits per heavy atom. The Labute approximate surface area is 126 Å². The number of aromatic nitrogens is 2. The van der Waals surface area contributed by atoms with Crippen LogP contribution in [0.15, 0.2) is 17.2 Å². The maximum Gasteiger partial charge on any atom is 0.293 e. The summed E-state index contributed by atoms with van der Waals surface area (Å²) in [5.41, 5.74) is 0.329. The van der Waals surface area contributed by atoms with E-state index in [9.17, 15) is 4.79 Å². The molecule has 0 saturated heterocycles. The van der Waals surface area contributed by atoms with E-state index in [1.54, 1.807) is 6.20 Å². The van der Waals surface area contributed by atoms with Gasteiger partial charge in [0.15, 0.2) is 5.82 Å². The standard InChI is InChI=1S/C16H26N4O/c1-19(2)12-16(7-3-4-8-16)11-18-14-15(21)20(10-9-17-14)13-5-6-13/h9-10,13H,3-8,11-12H2,1-2H3,(H,17,18). The molecule has 1 aromatic heterocycles. The quantitative estimate of drug-likeness (QED) is 0.872. The molecule has 2 aliphatic carbocycles. The fraction of sp³-hybridized carbons (Fsp3) is 0.750. The lowest BCUT2D eigenvalue weighted by atomic mass is 9.85. The van der Waals surface area contributed by atoms with Crippen LogP contribution in [0.4, 0.5) is 5.82 Å². The predicted octanol–water partition coefficient (Wildman–Crippen LogP) is 2.11. The van der Waals surface area contributed by atoms with Crippen LogP contribution in [0.1, 0.15) is 44.6 Å². The lowest BCUT2D eigenvalue weighted by molar-refractivity contribution is 0.215. The van der Waals surface area contributed by atoms with E-state index in [1.807, 2.05) is 10.8 Å². The minimum absolute atomic E-state index is 0.0398. The summed E-state index contributed by atoms with van der Waals surface area (Å²) in [5.74, 6) is 0.523. The first-order chi connectivity index (χ1) is 10.1. The predicted molar refractivity (Wildman–Crippen MR) is 84.7 cm³/mol. The molecule has 3 rings (SSSR count). The molecule has 2 aliphatic rings. The highest BCUT2D eigenvalue weighted by Crippen LogP contribution is 2.38. The lowest BCUT2D eigenvalue weighted by Gasteiger charge is -2.32. The molecular formula is C16H26N4O. The molecule has 2 saturated carbocycles. The van der Waals surface area contributed by atoms with Crippen LogP contribution in [0, 0.1) is 5.41 Å². The molecule has 0 aliphatic heterocycles. The second-order valence-corrected chi connectivity index (χ2v) is 7.02. The SMILES string of the molecule is CN(C)CC1(CNc2nccn(C3CC3)c2=O)CCCC1. The van der Waals surface area contributed by atoms with E-state index in [1.165, 1.54) is 25.7 Å². The topological polar surface area (TPSA) is 50.2 Å². The molecule has 21 heavy (non-hydrogen) atoms. The summed E-state index contributed by atoms with van der Waals surface area (Å²) in [4.78, 5) is 18.9. The summed E-state index contributed by atoms with van der Waals surface area (Å²) in [6, 6.07) is 0.406. The number of rotatable bonds is 6. The van der Waals surface area contributed by atoms with Crippen molar-refractivity contribution in [1.29, 1.82) is 0 Å². The van der Waals surface area contributed by atoms with E-state index in [-0.39, 0.29) is 11.0 Å². The van der Waals surface area contributed by atoms with E-state index in [0.29, 0.717) is 11.9 Å². The fourth-order valence-corrected chi connectivity index (χ4v) is 3.64. The molecular weight excluding hydrogens is 264 g/mol. The summed E-state index contributed by atoms with van der Waals surface area (Å²) in [5, 5.41) is 3.35. The third-order valence-corrected chi connectivity index (χ3v) is 4.75. The van der Waals surface area contributed by atoms with Gasteiger partial charge in [0.05, 0.1) is 0 Å². The lowest BCUT2D eigenvalue weighted by Crippen LogP contribution is -2.38. The number of hydrogen-bond acceptors (Lipinski definition) is 4. The molecule has 1 aromatic rings. The van der Waals surface area contributed by atoms with Gasteiger partial charge in [0, 0.05) is 36.9 Å². The molecule has 5 nitrogen and oxygen atoms in total. The van der Waals surface area contributed by atoms with Gasteiger partial charge in [0.1, 0.15) is 0 Å². The summed E-state index contributed by atoms with van der Waals surface area (Å²) in [7, 11) is 4.25. The number of nitrogens with one attached hydrogen (secondary N) is 1. The molecule has 0 atom stereocenters. The number of anilines is 1. The summed E-state index contributed by atoms with van der Waals surface area (Å²) >= 11 is 0. The van der Waals surface area contributed by atoms with Gasteiger partial charge in [-0.3, -0.25) is 4.79 Å². The molecule has 2 fully saturated rings. The average molecular weight is 290 g/mol. The van der Waals surface area contributed by atoms with Gasteiger partial charge in [-0.05, 0) is 39.8 Å². The third-order valence-electron chi connectivity index (χ3n) is 4.75. The van der Waals surface area contributed by atoms with Crippen LogP contribution in [0.3, 0.4) is 0 Å².